The van der Waals surface area contributed by atoms with Gasteiger partial charge in [0.05, 0.1) is 11.7 Å². The molecule has 28 heavy (non-hydrogen) atoms. The number of fused-ring (bicyclic) bond motifs is 3. The zero-order chi connectivity index (χ0) is 18.9. The van der Waals surface area contributed by atoms with E-state index in [0.717, 1.165) is 48.0 Å². The summed E-state index contributed by atoms with van der Waals surface area (Å²) in [5.74, 6) is 1.81. The van der Waals surface area contributed by atoms with Gasteiger partial charge in [0.25, 0.3) is 0 Å². The smallest absolute Gasteiger partial charge is 0.164 e. The first-order valence-electron chi connectivity index (χ1n) is 9.69. The number of aryl methyl sites for hydroxylation is 3. The van der Waals surface area contributed by atoms with Gasteiger partial charge in [-0.1, -0.05) is 0 Å². The highest BCUT2D eigenvalue weighted by atomic mass is 32.1. The van der Waals surface area contributed by atoms with Crippen molar-refractivity contribution in [1.29, 1.82) is 0 Å². The zero-order valence-electron chi connectivity index (χ0n) is 15.9. The molecular formula is C21H22N6S. The molecule has 0 spiro atoms. The number of pyridine rings is 1. The standard InChI is InChI=1S/C21H22N6S/c1-26(10-4-11-27-12-9-23-14-27)20-18-16-6-2-7-17(16)28-21(18)25-19(24-20)15-5-3-8-22-13-15/h3,5,8-9,12-14H,2,4,6-7,10-11H2,1H3. The van der Waals surface area contributed by atoms with Crippen LogP contribution in [0.3, 0.4) is 0 Å². The normalized spacial score (nSPS) is 13.2. The molecule has 142 valence electrons. The molecule has 0 bridgehead atoms. The van der Waals surface area contributed by atoms with Gasteiger partial charge in [-0.25, -0.2) is 15.0 Å². The van der Waals surface area contributed by atoms with Crippen molar-refractivity contribution >= 4 is 27.4 Å². The molecule has 0 atom stereocenters. The van der Waals surface area contributed by atoms with Crippen LogP contribution in [0.25, 0.3) is 21.6 Å². The lowest BCUT2D eigenvalue weighted by Gasteiger charge is -2.20. The fraction of sp³-hybridized carbons (Fsp3) is 0.333. The van der Waals surface area contributed by atoms with Crippen LogP contribution in [0.1, 0.15) is 23.3 Å². The number of rotatable bonds is 6. The van der Waals surface area contributed by atoms with Gasteiger partial charge in [0.15, 0.2) is 5.82 Å². The summed E-state index contributed by atoms with van der Waals surface area (Å²) in [6, 6.07) is 3.96. The molecule has 7 heteroatoms. The van der Waals surface area contributed by atoms with E-state index in [0.29, 0.717) is 0 Å². The molecule has 0 aromatic carbocycles. The van der Waals surface area contributed by atoms with E-state index in [4.69, 9.17) is 9.97 Å². The molecule has 1 aliphatic carbocycles. The van der Waals surface area contributed by atoms with Crippen LogP contribution in [0, 0.1) is 0 Å². The van der Waals surface area contributed by atoms with Crippen molar-refractivity contribution in [2.45, 2.75) is 32.2 Å². The van der Waals surface area contributed by atoms with Crippen LogP contribution in [0.5, 0.6) is 0 Å². The van der Waals surface area contributed by atoms with Crippen molar-refractivity contribution in [1.82, 2.24) is 24.5 Å². The van der Waals surface area contributed by atoms with E-state index in [-0.39, 0.29) is 0 Å². The average molecular weight is 391 g/mol. The average Bonchev–Trinajstić information content (AvgIpc) is 3.45. The van der Waals surface area contributed by atoms with Gasteiger partial charge in [0.2, 0.25) is 0 Å². The van der Waals surface area contributed by atoms with Crippen molar-refractivity contribution in [2.75, 3.05) is 18.5 Å². The van der Waals surface area contributed by atoms with Crippen LogP contribution in [0.4, 0.5) is 5.82 Å². The number of nitrogens with zero attached hydrogens (tertiary/aromatic N) is 6. The fourth-order valence-corrected chi connectivity index (χ4v) is 5.15. The van der Waals surface area contributed by atoms with Crippen LogP contribution in [0.15, 0.2) is 43.2 Å². The van der Waals surface area contributed by atoms with E-state index in [1.165, 1.54) is 28.7 Å². The Bertz CT molecular complexity index is 1090. The highest BCUT2D eigenvalue weighted by Crippen LogP contribution is 2.41. The molecule has 4 heterocycles. The molecule has 0 N–H and O–H groups in total. The molecule has 0 aliphatic heterocycles. The number of aromatic nitrogens is 5. The van der Waals surface area contributed by atoms with E-state index in [2.05, 4.69) is 26.5 Å². The first-order chi connectivity index (χ1) is 13.8. The first-order valence-corrected chi connectivity index (χ1v) is 10.5. The molecule has 0 amide bonds. The minimum Gasteiger partial charge on any atom is -0.359 e. The number of thiophene rings is 1. The minimum atomic E-state index is 0.761. The van der Waals surface area contributed by atoms with Crippen molar-refractivity contribution in [3.8, 4) is 11.4 Å². The summed E-state index contributed by atoms with van der Waals surface area (Å²) in [6.45, 7) is 1.89. The van der Waals surface area contributed by atoms with Crippen molar-refractivity contribution in [3.05, 3.63) is 53.7 Å². The third-order valence-electron chi connectivity index (χ3n) is 5.30. The molecule has 0 unspecified atom stereocenters. The van der Waals surface area contributed by atoms with Crippen molar-refractivity contribution in [3.63, 3.8) is 0 Å². The van der Waals surface area contributed by atoms with Crippen LogP contribution >= 0.6 is 11.3 Å². The van der Waals surface area contributed by atoms with Crippen LogP contribution < -0.4 is 4.90 Å². The predicted octanol–water partition coefficient (Wildman–Crippen LogP) is 3.97. The van der Waals surface area contributed by atoms with Gasteiger partial charge in [-0.2, -0.15) is 0 Å². The van der Waals surface area contributed by atoms with Gasteiger partial charge in [-0.15, -0.1) is 11.3 Å². The lowest BCUT2D eigenvalue weighted by atomic mass is 10.1. The quantitative estimate of drug-likeness (QED) is 0.499. The SMILES string of the molecule is CN(CCCn1ccnc1)c1nc(-c2cccnc2)nc2sc3c(c12)CCC3. The van der Waals surface area contributed by atoms with Crippen molar-refractivity contribution in [2.24, 2.45) is 0 Å². The number of hydrogen-bond donors (Lipinski definition) is 0. The topological polar surface area (TPSA) is 59.7 Å². The Kier molecular flexibility index (Phi) is 4.52. The van der Waals surface area contributed by atoms with E-state index in [9.17, 15) is 0 Å². The van der Waals surface area contributed by atoms with Crippen LogP contribution in [0.2, 0.25) is 0 Å². The highest BCUT2D eigenvalue weighted by Gasteiger charge is 2.24. The third-order valence-corrected chi connectivity index (χ3v) is 6.48. The summed E-state index contributed by atoms with van der Waals surface area (Å²) in [6.07, 6.45) is 13.9. The summed E-state index contributed by atoms with van der Waals surface area (Å²) < 4.78 is 2.12. The second-order valence-electron chi connectivity index (χ2n) is 7.23. The molecular weight excluding hydrogens is 368 g/mol. The number of hydrogen-bond acceptors (Lipinski definition) is 6. The molecule has 5 rings (SSSR count). The number of imidazole rings is 1. The molecule has 4 aromatic rings. The second-order valence-corrected chi connectivity index (χ2v) is 8.31. The summed E-state index contributed by atoms with van der Waals surface area (Å²) in [4.78, 5) is 23.1. The largest absolute Gasteiger partial charge is 0.359 e. The third kappa shape index (κ3) is 3.16. The van der Waals surface area contributed by atoms with Crippen molar-refractivity contribution < 1.29 is 0 Å². The Morgan fingerprint density at radius 2 is 2.14 bits per heavy atom. The van der Waals surface area contributed by atoms with Crippen LogP contribution in [-0.2, 0) is 19.4 Å². The van der Waals surface area contributed by atoms with Gasteiger partial charge in [-0.05, 0) is 43.4 Å². The summed E-state index contributed by atoms with van der Waals surface area (Å²) in [5, 5.41) is 1.26. The molecule has 0 saturated carbocycles. The lowest BCUT2D eigenvalue weighted by molar-refractivity contribution is 0.636. The maximum Gasteiger partial charge on any atom is 0.164 e. The Balaban J connectivity index is 1.51. The maximum atomic E-state index is 5.00. The Morgan fingerprint density at radius 3 is 2.96 bits per heavy atom. The molecule has 0 radical (unpaired) electrons. The van der Waals surface area contributed by atoms with E-state index < -0.39 is 0 Å². The molecule has 0 fully saturated rings. The Hall–Kier alpha value is -2.80. The first kappa shape index (κ1) is 17.3. The molecule has 6 nitrogen and oxygen atoms in total. The molecule has 1 aliphatic rings. The van der Waals surface area contributed by atoms with Gasteiger partial charge in [-0.3, -0.25) is 4.98 Å². The van der Waals surface area contributed by atoms with Gasteiger partial charge in [0, 0.05) is 55.4 Å². The summed E-state index contributed by atoms with van der Waals surface area (Å²) in [5.41, 5.74) is 2.43. The van der Waals surface area contributed by atoms with Gasteiger partial charge in [0.1, 0.15) is 10.6 Å². The monoisotopic (exact) mass is 390 g/mol. The second kappa shape index (κ2) is 7.31. The van der Waals surface area contributed by atoms with Crippen LogP contribution in [-0.4, -0.2) is 38.1 Å². The van der Waals surface area contributed by atoms with E-state index in [1.54, 1.807) is 6.20 Å². The molecule has 0 saturated heterocycles. The Morgan fingerprint density at radius 1 is 1.18 bits per heavy atom. The Labute approximate surface area is 167 Å². The van der Waals surface area contributed by atoms with Gasteiger partial charge >= 0.3 is 0 Å². The van der Waals surface area contributed by atoms with Gasteiger partial charge < -0.3 is 9.47 Å². The fourth-order valence-electron chi connectivity index (χ4n) is 3.89. The lowest BCUT2D eigenvalue weighted by Crippen LogP contribution is -2.21. The van der Waals surface area contributed by atoms with E-state index >= 15 is 0 Å². The predicted molar refractivity (Wildman–Crippen MR) is 113 cm³/mol. The minimum absolute atomic E-state index is 0.761. The van der Waals surface area contributed by atoms with E-state index in [1.807, 2.05) is 48.4 Å². The highest BCUT2D eigenvalue weighted by molar-refractivity contribution is 7.19. The molecule has 4 aromatic heterocycles. The summed E-state index contributed by atoms with van der Waals surface area (Å²) in [7, 11) is 2.14. The number of anilines is 1. The maximum absolute atomic E-state index is 5.00. The summed E-state index contributed by atoms with van der Waals surface area (Å²) >= 11 is 1.84. The zero-order valence-corrected chi connectivity index (χ0v) is 16.7.